The third kappa shape index (κ3) is 2.52. The molecule has 0 fully saturated rings. The highest BCUT2D eigenvalue weighted by molar-refractivity contribution is 7.98. The quantitative estimate of drug-likeness (QED) is 0.588. The molecule has 0 saturated heterocycles. The van der Waals surface area contributed by atoms with Crippen LogP contribution in [0, 0.1) is 6.92 Å². The summed E-state index contributed by atoms with van der Waals surface area (Å²) in [5, 5.41) is 15.1. The number of aryl methyl sites for hydroxylation is 1. The van der Waals surface area contributed by atoms with E-state index in [1.165, 1.54) is 17.8 Å². The molecule has 0 spiro atoms. The Morgan fingerprint density at radius 2 is 1.92 bits per heavy atom. The van der Waals surface area contributed by atoms with Gasteiger partial charge in [-0.15, -0.1) is 11.8 Å². The second-order valence-electron chi connectivity index (χ2n) is 5.27. The second-order valence-corrected chi connectivity index (χ2v) is 6.12. The summed E-state index contributed by atoms with van der Waals surface area (Å²) < 4.78 is 0. The molecule has 3 amide bonds. The highest BCUT2D eigenvalue weighted by atomic mass is 32.2. The van der Waals surface area contributed by atoms with Crippen molar-refractivity contribution >= 4 is 35.2 Å². The maximum absolute atomic E-state index is 12.7. The molecule has 0 aliphatic carbocycles. The Morgan fingerprint density at radius 1 is 1.17 bits per heavy atom. The molecule has 0 atom stereocenters. The number of aromatic hydroxyl groups is 1. The average molecular weight is 342 g/mol. The number of anilines is 1. The highest BCUT2D eigenvalue weighted by Crippen LogP contribution is 2.32. The molecule has 3 rings (SSSR count). The minimum Gasteiger partial charge on any atom is -0.507 e. The van der Waals surface area contributed by atoms with Gasteiger partial charge in [0.05, 0.1) is 22.4 Å². The summed E-state index contributed by atoms with van der Waals surface area (Å²) in [5.74, 6) is -1.69. The molecule has 2 aromatic rings. The molecular weight excluding hydrogens is 328 g/mol. The molecule has 2 aromatic carbocycles. The lowest BCUT2D eigenvalue weighted by Gasteiger charge is -2.13. The SMILES string of the molecule is CSc1ccc(C)c(O)c1C(=O)Nc1cccc2c1C(=O)NC2=O. The summed E-state index contributed by atoms with van der Waals surface area (Å²) in [6.07, 6.45) is 1.80. The van der Waals surface area contributed by atoms with Crippen molar-refractivity contribution in [1.29, 1.82) is 0 Å². The van der Waals surface area contributed by atoms with Crippen molar-refractivity contribution in [3.8, 4) is 5.75 Å². The number of benzene rings is 2. The Morgan fingerprint density at radius 3 is 2.62 bits per heavy atom. The molecule has 1 aliphatic rings. The fourth-order valence-corrected chi connectivity index (χ4v) is 3.17. The number of rotatable bonds is 3. The van der Waals surface area contributed by atoms with Crippen LogP contribution in [-0.4, -0.2) is 29.1 Å². The second kappa shape index (κ2) is 6.01. The fraction of sp³-hybridized carbons (Fsp3) is 0.118. The van der Waals surface area contributed by atoms with E-state index < -0.39 is 17.7 Å². The van der Waals surface area contributed by atoms with E-state index in [4.69, 9.17) is 0 Å². The third-order valence-electron chi connectivity index (χ3n) is 3.80. The molecule has 24 heavy (non-hydrogen) atoms. The van der Waals surface area contributed by atoms with Crippen LogP contribution in [-0.2, 0) is 0 Å². The van der Waals surface area contributed by atoms with Crippen LogP contribution in [0.2, 0.25) is 0 Å². The van der Waals surface area contributed by atoms with Crippen molar-refractivity contribution in [2.75, 3.05) is 11.6 Å². The maximum Gasteiger partial charge on any atom is 0.261 e. The lowest BCUT2D eigenvalue weighted by atomic mass is 10.1. The summed E-state index contributed by atoms with van der Waals surface area (Å²) in [6.45, 7) is 1.70. The number of carbonyl (C=O) groups excluding carboxylic acids is 3. The minimum atomic E-state index is -0.551. The summed E-state index contributed by atoms with van der Waals surface area (Å²) in [6, 6.07) is 8.12. The lowest BCUT2D eigenvalue weighted by molar-refractivity contribution is 0.0879. The number of carbonyl (C=O) groups is 3. The molecular formula is C17H14N2O4S. The van der Waals surface area contributed by atoms with Gasteiger partial charge in [0.2, 0.25) is 0 Å². The van der Waals surface area contributed by atoms with Crippen molar-refractivity contribution in [3.05, 3.63) is 52.6 Å². The number of amides is 3. The van der Waals surface area contributed by atoms with E-state index in [0.717, 1.165) is 0 Å². The van der Waals surface area contributed by atoms with E-state index >= 15 is 0 Å². The number of hydrogen-bond donors (Lipinski definition) is 3. The minimum absolute atomic E-state index is 0.104. The van der Waals surface area contributed by atoms with Gasteiger partial charge >= 0.3 is 0 Å². The Hall–Kier alpha value is -2.80. The molecule has 6 nitrogen and oxygen atoms in total. The first-order chi connectivity index (χ1) is 11.4. The topological polar surface area (TPSA) is 95.5 Å². The van der Waals surface area contributed by atoms with Gasteiger partial charge in [-0.25, -0.2) is 0 Å². The zero-order chi connectivity index (χ0) is 17.4. The molecule has 7 heteroatoms. The Balaban J connectivity index is 2.03. The van der Waals surface area contributed by atoms with E-state index in [1.807, 2.05) is 0 Å². The van der Waals surface area contributed by atoms with Crippen LogP contribution in [0.15, 0.2) is 35.2 Å². The molecule has 1 heterocycles. The number of fused-ring (bicyclic) bond motifs is 1. The summed E-state index contributed by atoms with van der Waals surface area (Å²) >= 11 is 1.33. The first-order valence-corrected chi connectivity index (χ1v) is 8.33. The van der Waals surface area contributed by atoms with Crippen molar-refractivity contribution in [3.63, 3.8) is 0 Å². The monoisotopic (exact) mass is 342 g/mol. The van der Waals surface area contributed by atoms with Crippen molar-refractivity contribution in [1.82, 2.24) is 5.32 Å². The van der Waals surface area contributed by atoms with Crippen LogP contribution in [0.25, 0.3) is 0 Å². The van der Waals surface area contributed by atoms with E-state index in [1.54, 1.807) is 37.4 Å². The number of nitrogens with one attached hydrogen (secondary N) is 2. The smallest absolute Gasteiger partial charge is 0.261 e. The van der Waals surface area contributed by atoms with Gasteiger partial charge in [0.25, 0.3) is 17.7 Å². The van der Waals surface area contributed by atoms with Gasteiger partial charge < -0.3 is 10.4 Å². The number of thioether (sulfide) groups is 1. The highest BCUT2D eigenvalue weighted by Gasteiger charge is 2.30. The van der Waals surface area contributed by atoms with Crippen molar-refractivity contribution < 1.29 is 19.5 Å². The predicted molar refractivity (Wildman–Crippen MR) is 90.8 cm³/mol. The average Bonchev–Trinajstić information content (AvgIpc) is 2.85. The van der Waals surface area contributed by atoms with Crippen LogP contribution in [0.3, 0.4) is 0 Å². The molecule has 0 radical (unpaired) electrons. The van der Waals surface area contributed by atoms with Gasteiger partial charge in [-0.1, -0.05) is 12.1 Å². The normalized spacial score (nSPS) is 12.8. The van der Waals surface area contributed by atoms with Crippen molar-refractivity contribution in [2.24, 2.45) is 0 Å². The standard InChI is InChI=1S/C17H14N2O4S/c1-8-6-7-11(24-2)13(14(8)20)17(23)18-10-5-3-4-9-12(10)16(22)19-15(9)21/h3-7,20H,1-2H3,(H,18,23)(H,19,21,22). The summed E-state index contributed by atoms with van der Waals surface area (Å²) in [5.41, 5.74) is 1.30. The van der Waals surface area contributed by atoms with Gasteiger partial charge in [-0.2, -0.15) is 0 Å². The van der Waals surface area contributed by atoms with Gasteiger partial charge in [0.15, 0.2) is 0 Å². The van der Waals surface area contributed by atoms with Gasteiger partial charge in [0, 0.05) is 4.90 Å². The van der Waals surface area contributed by atoms with Crippen LogP contribution < -0.4 is 10.6 Å². The number of hydrogen-bond acceptors (Lipinski definition) is 5. The zero-order valence-corrected chi connectivity index (χ0v) is 13.8. The zero-order valence-electron chi connectivity index (χ0n) is 13.0. The Kier molecular flexibility index (Phi) is 4.02. The Bertz CT molecular complexity index is 892. The number of phenolic OH excluding ortho intramolecular Hbond substituents is 1. The summed E-state index contributed by atoms with van der Waals surface area (Å²) in [4.78, 5) is 36.9. The van der Waals surface area contributed by atoms with Crippen LogP contribution >= 0.6 is 11.8 Å². The van der Waals surface area contributed by atoms with E-state index in [2.05, 4.69) is 10.6 Å². The van der Waals surface area contributed by atoms with Crippen molar-refractivity contribution in [2.45, 2.75) is 11.8 Å². The molecule has 3 N–H and O–H groups in total. The van der Waals surface area contributed by atoms with E-state index in [0.29, 0.717) is 10.5 Å². The number of phenols is 1. The number of imide groups is 1. The third-order valence-corrected chi connectivity index (χ3v) is 4.58. The van der Waals surface area contributed by atoms with Crippen LogP contribution in [0.5, 0.6) is 5.75 Å². The fourth-order valence-electron chi connectivity index (χ4n) is 2.57. The largest absolute Gasteiger partial charge is 0.507 e. The van der Waals surface area contributed by atoms with E-state index in [-0.39, 0.29) is 28.1 Å². The molecule has 0 saturated carbocycles. The molecule has 1 aliphatic heterocycles. The summed E-state index contributed by atoms with van der Waals surface area (Å²) in [7, 11) is 0. The molecule has 0 unspecified atom stereocenters. The van der Waals surface area contributed by atoms with Gasteiger partial charge in [-0.05, 0) is 36.9 Å². The van der Waals surface area contributed by atoms with Crippen LogP contribution in [0.1, 0.15) is 36.6 Å². The van der Waals surface area contributed by atoms with Crippen LogP contribution in [0.4, 0.5) is 5.69 Å². The predicted octanol–water partition coefficient (Wildman–Crippen LogP) is 2.56. The molecule has 0 aromatic heterocycles. The lowest BCUT2D eigenvalue weighted by Crippen LogP contribution is -2.21. The maximum atomic E-state index is 12.7. The Labute approximate surface area is 142 Å². The first-order valence-electron chi connectivity index (χ1n) is 7.10. The molecule has 122 valence electrons. The first kappa shape index (κ1) is 16.1. The van der Waals surface area contributed by atoms with Gasteiger partial charge in [-0.3, -0.25) is 19.7 Å². The van der Waals surface area contributed by atoms with E-state index in [9.17, 15) is 19.5 Å². The van der Waals surface area contributed by atoms with Gasteiger partial charge in [0.1, 0.15) is 5.75 Å². The molecule has 0 bridgehead atoms.